The van der Waals surface area contributed by atoms with Crippen molar-refractivity contribution in [2.24, 2.45) is 34.5 Å². The van der Waals surface area contributed by atoms with Crippen LogP contribution in [-0.4, -0.2) is 28.4 Å². The molecule has 0 saturated heterocycles. The van der Waals surface area contributed by atoms with E-state index in [0.29, 0.717) is 6.42 Å². The van der Waals surface area contributed by atoms with Crippen LogP contribution in [0.15, 0.2) is 23.8 Å². The molecule has 1 N–H and O–H groups in total. The van der Waals surface area contributed by atoms with Gasteiger partial charge in [0.05, 0.1) is 18.6 Å². The van der Waals surface area contributed by atoms with Crippen LogP contribution < -0.4 is 0 Å². The summed E-state index contributed by atoms with van der Waals surface area (Å²) in [5, 5.41) is 20.2. The van der Waals surface area contributed by atoms with Gasteiger partial charge in [0.25, 0.3) is 0 Å². The number of carbonyl (C=O) groups is 2. The van der Waals surface area contributed by atoms with Gasteiger partial charge in [-0.15, -0.1) is 0 Å². The predicted octanol–water partition coefficient (Wildman–Crippen LogP) is 3.70. The molecule has 5 heteroatoms. The Hall–Kier alpha value is -1.80. The first kappa shape index (κ1) is 19.5. The van der Waals surface area contributed by atoms with Crippen molar-refractivity contribution < 1.29 is 19.1 Å². The highest BCUT2D eigenvalue weighted by Crippen LogP contribution is 2.69. The lowest BCUT2D eigenvalue weighted by Crippen LogP contribution is -2.66. The normalized spacial score (nSPS) is 49.5. The molecular weight excluding hydrogens is 357 g/mol. The molecule has 0 aromatic carbocycles. The number of fused-ring (bicyclic) bond motifs is 5. The molecule has 2 saturated carbocycles. The molecule has 0 unspecified atom stereocenters. The molecule has 4 aliphatic rings. The summed E-state index contributed by atoms with van der Waals surface area (Å²) in [6, 6.07) is 1.96. The fraction of sp³-hybridized carbons (Fsp3) is 0.696. The second-order valence-corrected chi connectivity index (χ2v) is 9.84. The Morgan fingerprint density at radius 1 is 1.39 bits per heavy atom. The number of aliphatic hydroxyl groups excluding tert-OH is 1. The number of rotatable bonds is 2. The molecule has 0 heterocycles. The second-order valence-electron chi connectivity index (χ2n) is 9.84. The molecule has 28 heavy (non-hydrogen) atoms. The van der Waals surface area contributed by atoms with Gasteiger partial charge in [0.15, 0.2) is 17.2 Å². The van der Waals surface area contributed by atoms with E-state index in [0.717, 1.165) is 12.0 Å². The van der Waals surface area contributed by atoms with Crippen LogP contribution in [0.4, 0.5) is 4.39 Å². The van der Waals surface area contributed by atoms with Crippen LogP contribution >= 0.6 is 0 Å². The summed E-state index contributed by atoms with van der Waals surface area (Å²) < 4.78 is 16.9. The highest BCUT2D eigenvalue weighted by Gasteiger charge is 2.71. The first-order chi connectivity index (χ1) is 13.1. The molecule has 4 rings (SSSR count). The number of aliphatic hydroxyl groups is 1. The molecule has 0 aromatic heterocycles. The Labute approximate surface area is 165 Å². The third-order valence-corrected chi connectivity index (χ3v) is 8.54. The summed E-state index contributed by atoms with van der Waals surface area (Å²) in [7, 11) is 0. The van der Waals surface area contributed by atoms with Crippen molar-refractivity contribution in [3.8, 4) is 6.07 Å². The predicted molar refractivity (Wildman–Crippen MR) is 102 cm³/mol. The molecule has 4 nitrogen and oxygen atoms in total. The lowest BCUT2D eigenvalue weighted by Gasteiger charge is -2.61. The minimum absolute atomic E-state index is 0.0300. The van der Waals surface area contributed by atoms with Crippen LogP contribution in [-0.2, 0) is 9.59 Å². The van der Waals surface area contributed by atoms with Gasteiger partial charge in [-0.3, -0.25) is 9.59 Å². The zero-order chi connectivity index (χ0) is 20.5. The molecule has 8 atom stereocenters. The van der Waals surface area contributed by atoms with E-state index in [-0.39, 0.29) is 48.6 Å². The number of nitriles is 1. The highest BCUT2D eigenvalue weighted by molar-refractivity contribution is 5.93. The molecule has 4 aliphatic carbocycles. The molecule has 0 radical (unpaired) electrons. The van der Waals surface area contributed by atoms with Crippen LogP contribution in [0.3, 0.4) is 0 Å². The van der Waals surface area contributed by atoms with Gasteiger partial charge in [-0.25, -0.2) is 4.39 Å². The van der Waals surface area contributed by atoms with E-state index < -0.39 is 28.5 Å². The quantitative estimate of drug-likeness (QED) is 0.735. The van der Waals surface area contributed by atoms with E-state index in [9.17, 15) is 14.7 Å². The Bertz CT molecular complexity index is 841. The Balaban J connectivity index is 1.79. The molecule has 150 valence electrons. The van der Waals surface area contributed by atoms with Crippen molar-refractivity contribution in [2.75, 3.05) is 0 Å². The molecule has 0 spiro atoms. The number of carbonyl (C=O) groups excluding carboxylic acids is 2. The molecule has 2 fully saturated rings. The van der Waals surface area contributed by atoms with Crippen LogP contribution in [0.5, 0.6) is 0 Å². The first-order valence-electron chi connectivity index (χ1n) is 10.3. The molecular formula is C23H28FNO3. The average molecular weight is 385 g/mol. The maximum atomic E-state index is 16.9. The number of nitrogens with zero attached hydrogens (tertiary/aromatic N) is 1. The van der Waals surface area contributed by atoms with E-state index >= 15 is 4.39 Å². The smallest absolute Gasteiger partial charge is 0.159 e. The molecule has 0 aromatic rings. The number of alkyl halides is 1. The van der Waals surface area contributed by atoms with Crippen molar-refractivity contribution in [3.05, 3.63) is 23.8 Å². The monoisotopic (exact) mass is 385 g/mol. The lowest BCUT2D eigenvalue weighted by molar-refractivity contribution is -0.189. The molecule has 0 amide bonds. The standard InChI is InChI=1S/C23H28FNO3/c1-13-10-17-16-5-4-14-11-15(26)6-8-22(14,3)23(16,24)19(28)12-21(17,2)20(13)18(27)7-9-25/h4,6,8,13,16-17,19-20,28H,5,7,10-12H2,1-3H3/t13-,16+,17+,19+,20-,21+,22+,23+/m1/s1. The lowest BCUT2D eigenvalue weighted by atomic mass is 9.45. The third-order valence-electron chi connectivity index (χ3n) is 8.54. The number of allylic oxidation sites excluding steroid dienone is 4. The first-order valence-corrected chi connectivity index (χ1v) is 10.3. The van der Waals surface area contributed by atoms with Crippen molar-refractivity contribution in [3.63, 3.8) is 0 Å². The Morgan fingerprint density at radius 3 is 2.79 bits per heavy atom. The molecule has 0 aliphatic heterocycles. The number of hydrogen-bond donors (Lipinski definition) is 1. The summed E-state index contributed by atoms with van der Waals surface area (Å²) in [5.74, 6) is -0.818. The summed E-state index contributed by atoms with van der Waals surface area (Å²) in [6.07, 6.45) is 5.38. The van der Waals surface area contributed by atoms with Crippen molar-refractivity contribution in [1.82, 2.24) is 0 Å². The summed E-state index contributed by atoms with van der Waals surface area (Å²) in [5.41, 5.74) is -2.60. The summed E-state index contributed by atoms with van der Waals surface area (Å²) in [6.45, 7) is 5.82. The number of Topliss-reactive ketones (excluding diaryl/α,β-unsaturated/α-hetero) is 1. The Morgan fingerprint density at radius 2 is 2.11 bits per heavy atom. The topological polar surface area (TPSA) is 78.2 Å². The number of hydrogen-bond acceptors (Lipinski definition) is 4. The van der Waals surface area contributed by atoms with Gasteiger partial charge >= 0.3 is 0 Å². The third kappa shape index (κ3) is 2.24. The van der Waals surface area contributed by atoms with E-state index in [1.165, 1.54) is 6.08 Å². The summed E-state index contributed by atoms with van der Waals surface area (Å²) in [4.78, 5) is 24.6. The van der Waals surface area contributed by atoms with Gasteiger partial charge in [-0.05, 0) is 49.5 Å². The van der Waals surface area contributed by atoms with E-state index in [1.807, 2.05) is 26.0 Å². The fourth-order valence-corrected chi connectivity index (χ4v) is 7.36. The van der Waals surface area contributed by atoms with Gasteiger partial charge in [0.2, 0.25) is 0 Å². The van der Waals surface area contributed by atoms with Crippen LogP contribution in [0.2, 0.25) is 0 Å². The minimum Gasteiger partial charge on any atom is -0.390 e. The van der Waals surface area contributed by atoms with Gasteiger partial charge < -0.3 is 5.11 Å². The maximum Gasteiger partial charge on any atom is 0.159 e. The number of ketones is 2. The van der Waals surface area contributed by atoms with E-state index in [2.05, 4.69) is 0 Å². The van der Waals surface area contributed by atoms with Crippen molar-refractivity contribution in [1.29, 1.82) is 5.26 Å². The van der Waals surface area contributed by atoms with Crippen molar-refractivity contribution in [2.45, 2.75) is 64.6 Å². The Kier molecular flexibility index (Phi) is 4.25. The van der Waals surface area contributed by atoms with Gasteiger partial charge in [-0.2, -0.15) is 5.26 Å². The zero-order valence-corrected chi connectivity index (χ0v) is 16.7. The zero-order valence-electron chi connectivity index (χ0n) is 16.7. The van der Waals surface area contributed by atoms with E-state index in [1.54, 1.807) is 13.0 Å². The minimum atomic E-state index is -1.86. The molecule has 0 bridgehead atoms. The average Bonchev–Trinajstić information content (AvgIpc) is 2.87. The maximum absolute atomic E-state index is 16.9. The van der Waals surface area contributed by atoms with Crippen LogP contribution in [0.25, 0.3) is 0 Å². The second kappa shape index (κ2) is 6.10. The largest absolute Gasteiger partial charge is 0.390 e. The van der Waals surface area contributed by atoms with Crippen LogP contribution in [0, 0.1) is 45.8 Å². The van der Waals surface area contributed by atoms with Gasteiger partial charge in [0.1, 0.15) is 0 Å². The SMILES string of the molecule is C[C@@H]1C[C@H]2[C@@H]3CC=C4CC(=O)C=C[C@]4(C)[C@@]3(F)[C@@H](O)C[C@]2(C)[C@H]1C(=O)CC#N. The highest BCUT2D eigenvalue weighted by atomic mass is 19.1. The van der Waals surface area contributed by atoms with Crippen molar-refractivity contribution >= 4 is 11.6 Å². The summed E-state index contributed by atoms with van der Waals surface area (Å²) >= 11 is 0. The fourth-order valence-electron chi connectivity index (χ4n) is 7.36. The van der Waals surface area contributed by atoms with Gasteiger partial charge in [0, 0.05) is 23.7 Å². The van der Waals surface area contributed by atoms with Crippen LogP contribution in [0.1, 0.15) is 52.9 Å². The van der Waals surface area contributed by atoms with Gasteiger partial charge in [-0.1, -0.05) is 31.6 Å². The van der Waals surface area contributed by atoms with E-state index in [4.69, 9.17) is 5.26 Å². The number of halogens is 1.